The highest BCUT2D eigenvalue weighted by atomic mass is 16.2. The molecule has 3 fully saturated rings. The van der Waals surface area contributed by atoms with Gasteiger partial charge in [-0.05, 0) is 43.9 Å². The number of urea groups is 1. The van der Waals surface area contributed by atoms with Gasteiger partial charge in [0, 0.05) is 19.1 Å². The average molecular weight is 208 g/mol. The van der Waals surface area contributed by atoms with Crippen LogP contribution in [0.1, 0.15) is 38.5 Å². The van der Waals surface area contributed by atoms with Gasteiger partial charge < -0.3 is 10.2 Å². The number of hydrogen-bond acceptors (Lipinski definition) is 1. The number of amides is 2. The van der Waals surface area contributed by atoms with Crippen LogP contribution in [-0.2, 0) is 0 Å². The first-order valence-corrected chi connectivity index (χ1v) is 6.38. The van der Waals surface area contributed by atoms with Gasteiger partial charge >= 0.3 is 6.03 Å². The Balaban J connectivity index is 1.52. The van der Waals surface area contributed by atoms with Crippen molar-refractivity contribution in [2.75, 3.05) is 13.1 Å². The van der Waals surface area contributed by atoms with E-state index in [0.717, 1.165) is 24.9 Å². The fourth-order valence-electron chi connectivity index (χ4n) is 3.22. The Kier molecular flexibility index (Phi) is 2.33. The number of likely N-dealkylation sites (tertiary alicyclic amines) is 1. The van der Waals surface area contributed by atoms with Gasteiger partial charge in [0.25, 0.3) is 0 Å². The van der Waals surface area contributed by atoms with Crippen LogP contribution in [0.5, 0.6) is 0 Å². The fourth-order valence-corrected chi connectivity index (χ4v) is 3.22. The smallest absolute Gasteiger partial charge is 0.317 e. The standard InChI is InChI=1S/C12H20N2O/c15-12(13-11-5-2-6-11)14-7-9-3-1-4-10(9)8-14/h9-11H,1-8H2,(H,13,15). The van der Waals surface area contributed by atoms with Gasteiger partial charge in [0.2, 0.25) is 0 Å². The topological polar surface area (TPSA) is 32.3 Å². The zero-order valence-electron chi connectivity index (χ0n) is 9.24. The third-order valence-corrected chi connectivity index (χ3v) is 4.45. The molecule has 2 aliphatic carbocycles. The van der Waals surface area contributed by atoms with E-state index in [2.05, 4.69) is 5.32 Å². The van der Waals surface area contributed by atoms with E-state index in [9.17, 15) is 4.79 Å². The lowest BCUT2D eigenvalue weighted by molar-refractivity contribution is 0.193. The molecule has 2 amide bonds. The summed E-state index contributed by atoms with van der Waals surface area (Å²) in [6, 6.07) is 0.687. The van der Waals surface area contributed by atoms with Crippen molar-refractivity contribution in [1.82, 2.24) is 10.2 Å². The number of carbonyl (C=O) groups excluding carboxylic acids is 1. The first-order chi connectivity index (χ1) is 7.33. The molecule has 0 bridgehead atoms. The van der Waals surface area contributed by atoms with Crippen LogP contribution in [0.15, 0.2) is 0 Å². The molecule has 84 valence electrons. The summed E-state index contributed by atoms with van der Waals surface area (Å²) in [6.45, 7) is 2.03. The molecule has 1 N–H and O–H groups in total. The lowest BCUT2D eigenvalue weighted by Crippen LogP contribution is -2.46. The van der Waals surface area contributed by atoms with Crippen molar-refractivity contribution in [3.8, 4) is 0 Å². The summed E-state index contributed by atoms with van der Waals surface area (Å²) in [5.41, 5.74) is 0. The van der Waals surface area contributed by atoms with Gasteiger partial charge in [0.05, 0.1) is 0 Å². The van der Waals surface area contributed by atoms with Crippen molar-refractivity contribution in [3.63, 3.8) is 0 Å². The summed E-state index contributed by atoms with van der Waals surface area (Å²) in [6.07, 6.45) is 7.73. The van der Waals surface area contributed by atoms with Crippen LogP contribution in [0.3, 0.4) is 0 Å². The van der Waals surface area contributed by atoms with Crippen LogP contribution in [0.2, 0.25) is 0 Å². The molecular weight excluding hydrogens is 188 g/mol. The minimum atomic E-state index is 0.203. The van der Waals surface area contributed by atoms with Gasteiger partial charge in [-0.2, -0.15) is 0 Å². The van der Waals surface area contributed by atoms with Gasteiger partial charge in [-0.1, -0.05) is 6.42 Å². The highest BCUT2D eigenvalue weighted by Crippen LogP contribution is 2.37. The molecule has 2 unspecified atom stereocenters. The minimum absolute atomic E-state index is 0.203. The Morgan fingerprint density at radius 2 is 1.60 bits per heavy atom. The number of nitrogens with zero attached hydrogens (tertiary/aromatic N) is 1. The first kappa shape index (κ1) is 9.49. The molecule has 3 rings (SSSR count). The van der Waals surface area contributed by atoms with Gasteiger partial charge in [0.1, 0.15) is 0 Å². The van der Waals surface area contributed by atoms with E-state index in [1.807, 2.05) is 4.90 Å². The second kappa shape index (κ2) is 3.69. The molecule has 2 atom stereocenters. The molecule has 1 heterocycles. The summed E-state index contributed by atoms with van der Waals surface area (Å²) >= 11 is 0. The van der Waals surface area contributed by atoms with Crippen molar-refractivity contribution in [3.05, 3.63) is 0 Å². The average Bonchev–Trinajstić information content (AvgIpc) is 2.69. The van der Waals surface area contributed by atoms with Gasteiger partial charge in [0.15, 0.2) is 0 Å². The van der Waals surface area contributed by atoms with Crippen molar-refractivity contribution in [2.45, 2.75) is 44.6 Å². The highest BCUT2D eigenvalue weighted by molar-refractivity contribution is 5.75. The van der Waals surface area contributed by atoms with Crippen molar-refractivity contribution in [2.24, 2.45) is 11.8 Å². The number of rotatable bonds is 1. The van der Waals surface area contributed by atoms with Crippen molar-refractivity contribution in [1.29, 1.82) is 0 Å². The molecule has 0 aromatic heterocycles. The molecule has 15 heavy (non-hydrogen) atoms. The third-order valence-electron chi connectivity index (χ3n) is 4.45. The molecule has 3 nitrogen and oxygen atoms in total. The van der Waals surface area contributed by atoms with Crippen molar-refractivity contribution < 1.29 is 4.79 Å². The maximum Gasteiger partial charge on any atom is 0.317 e. The molecule has 1 aliphatic heterocycles. The maximum atomic E-state index is 11.9. The molecule has 0 spiro atoms. The van der Waals surface area contributed by atoms with E-state index in [1.165, 1.54) is 38.5 Å². The molecule has 3 aliphatic rings. The SMILES string of the molecule is O=C(NC1CCC1)N1CC2CCCC2C1. The number of hydrogen-bond donors (Lipinski definition) is 1. The monoisotopic (exact) mass is 208 g/mol. The second-order valence-electron chi connectivity index (χ2n) is 5.43. The van der Waals surface area contributed by atoms with Gasteiger partial charge in [-0.3, -0.25) is 0 Å². The number of fused-ring (bicyclic) bond motifs is 1. The molecular formula is C12H20N2O. The second-order valence-corrected chi connectivity index (χ2v) is 5.43. The Bertz CT molecular complexity index is 250. The summed E-state index contributed by atoms with van der Waals surface area (Å²) < 4.78 is 0. The first-order valence-electron chi connectivity index (χ1n) is 6.38. The Morgan fingerprint density at radius 3 is 2.13 bits per heavy atom. The quantitative estimate of drug-likeness (QED) is 0.702. The molecule has 3 heteroatoms. The fraction of sp³-hybridized carbons (Fsp3) is 0.917. The summed E-state index contributed by atoms with van der Waals surface area (Å²) in [5.74, 6) is 1.63. The van der Waals surface area contributed by atoms with E-state index >= 15 is 0 Å². The lowest BCUT2D eigenvalue weighted by atomic mass is 9.93. The minimum Gasteiger partial charge on any atom is -0.335 e. The molecule has 1 saturated heterocycles. The van der Waals surface area contributed by atoms with E-state index < -0.39 is 0 Å². The normalized spacial score (nSPS) is 35.1. The van der Waals surface area contributed by atoms with E-state index in [0.29, 0.717) is 6.04 Å². The molecule has 0 aromatic rings. The lowest BCUT2D eigenvalue weighted by Gasteiger charge is -2.29. The van der Waals surface area contributed by atoms with Gasteiger partial charge in [-0.25, -0.2) is 4.79 Å². The van der Waals surface area contributed by atoms with Crippen LogP contribution in [0.25, 0.3) is 0 Å². The number of nitrogens with one attached hydrogen (secondary N) is 1. The summed E-state index contributed by atoms with van der Waals surface area (Å²) in [5, 5.41) is 3.13. The summed E-state index contributed by atoms with van der Waals surface area (Å²) in [7, 11) is 0. The zero-order valence-corrected chi connectivity index (χ0v) is 9.24. The van der Waals surface area contributed by atoms with E-state index in [1.54, 1.807) is 0 Å². The maximum absolute atomic E-state index is 11.9. The Morgan fingerprint density at radius 1 is 1.00 bits per heavy atom. The highest BCUT2D eigenvalue weighted by Gasteiger charge is 2.38. The van der Waals surface area contributed by atoms with Crippen LogP contribution in [0, 0.1) is 11.8 Å². The van der Waals surface area contributed by atoms with Crippen LogP contribution >= 0.6 is 0 Å². The largest absolute Gasteiger partial charge is 0.335 e. The third kappa shape index (κ3) is 1.72. The Labute approximate surface area is 91.2 Å². The molecule has 0 radical (unpaired) electrons. The predicted octanol–water partition coefficient (Wildman–Crippen LogP) is 1.98. The predicted molar refractivity (Wildman–Crippen MR) is 58.6 cm³/mol. The zero-order chi connectivity index (χ0) is 10.3. The number of carbonyl (C=O) groups is 1. The van der Waals surface area contributed by atoms with Crippen LogP contribution in [0.4, 0.5) is 4.79 Å². The van der Waals surface area contributed by atoms with E-state index in [-0.39, 0.29) is 6.03 Å². The van der Waals surface area contributed by atoms with E-state index in [4.69, 9.17) is 0 Å². The molecule has 2 saturated carbocycles. The van der Waals surface area contributed by atoms with Crippen LogP contribution in [-0.4, -0.2) is 30.1 Å². The summed E-state index contributed by atoms with van der Waals surface area (Å²) in [4.78, 5) is 13.9. The molecule has 0 aromatic carbocycles. The van der Waals surface area contributed by atoms with Gasteiger partial charge in [-0.15, -0.1) is 0 Å². The van der Waals surface area contributed by atoms with Crippen LogP contribution < -0.4 is 5.32 Å². The Hall–Kier alpha value is -0.730. The van der Waals surface area contributed by atoms with Crippen molar-refractivity contribution >= 4 is 6.03 Å².